The summed E-state index contributed by atoms with van der Waals surface area (Å²) in [7, 11) is -3.61. The number of nitrogens with zero attached hydrogens (tertiary/aromatic N) is 1. The fourth-order valence-corrected chi connectivity index (χ4v) is 5.23. The zero-order valence-electron chi connectivity index (χ0n) is 16.7. The summed E-state index contributed by atoms with van der Waals surface area (Å²) in [5, 5.41) is 0.131. The Balaban J connectivity index is 0.00000117. The van der Waals surface area contributed by atoms with E-state index in [2.05, 4.69) is 4.98 Å². The first-order valence-corrected chi connectivity index (χ1v) is 11.4. The van der Waals surface area contributed by atoms with Crippen LogP contribution in [0.3, 0.4) is 0 Å². The molecule has 5 nitrogen and oxygen atoms in total. The van der Waals surface area contributed by atoms with Gasteiger partial charge in [0.05, 0.1) is 10.4 Å². The van der Waals surface area contributed by atoms with Crippen LogP contribution < -0.4 is 4.74 Å². The molecule has 1 aliphatic carbocycles. The largest absolute Gasteiger partial charge is 0.489 e. The van der Waals surface area contributed by atoms with Gasteiger partial charge in [-0.3, -0.25) is 9.78 Å². The molecule has 6 heteroatoms. The fourth-order valence-electron chi connectivity index (χ4n) is 3.44. The third kappa shape index (κ3) is 4.48. The second-order valence-electron chi connectivity index (χ2n) is 6.64. The van der Waals surface area contributed by atoms with Gasteiger partial charge in [-0.2, -0.15) is 0 Å². The number of pyridine rings is 1. The normalized spacial score (nSPS) is 16.3. The molecule has 2 aromatic carbocycles. The second kappa shape index (κ2) is 9.18. The lowest BCUT2D eigenvalue weighted by molar-refractivity contribution is -0.117. The standard InChI is InChI=1S/C21H19NO4S.C2H6/c23-20-6-3-7-21(20)27(24,25)17-10-8-16(9-11-17)26-14-15-12-13-22-19-5-2-1-4-18(15)19;1-2/h1-2,4-5,8-13,21H,3,6-7,14H2;1-2H3. The van der Waals surface area contributed by atoms with Crippen LogP contribution in [-0.4, -0.2) is 24.4 Å². The van der Waals surface area contributed by atoms with Gasteiger partial charge in [-0.05, 0) is 49.2 Å². The zero-order chi connectivity index (χ0) is 20.9. The van der Waals surface area contributed by atoms with Crippen molar-refractivity contribution in [3.05, 3.63) is 66.4 Å². The SMILES string of the molecule is CC.O=C1CCCC1S(=O)(=O)c1ccc(OCc2ccnc3ccccc23)cc1. The average Bonchev–Trinajstić information content (AvgIpc) is 3.21. The molecule has 0 spiro atoms. The number of ketones is 1. The van der Waals surface area contributed by atoms with E-state index in [4.69, 9.17) is 4.74 Å². The summed E-state index contributed by atoms with van der Waals surface area (Å²) in [5.41, 5.74) is 1.91. The minimum Gasteiger partial charge on any atom is -0.489 e. The van der Waals surface area contributed by atoms with Gasteiger partial charge in [0.1, 0.15) is 17.6 Å². The number of Topliss-reactive ketones (excluding diaryl/α,β-unsaturated/α-hetero) is 1. The number of carbonyl (C=O) groups is 1. The van der Waals surface area contributed by atoms with E-state index in [1.54, 1.807) is 18.3 Å². The van der Waals surface area contributed by atoms with E-state index in [-0.39, 0.29) is 10.7 Å². The van der Waals surface area contributed by atoms with Crippen molar-refractivity contribution in [3.8, 4) is 5.75 Å². The van der Waals surface area contributed by atoms with Gasteiger partial charge in [0.15, 0.2) is 15.6 Å². The second-order valence-corrected chi connectivity index (χ2v) is 8.77. The number of benzene rings is 2. The molecule has 1 saturated carbocycles. The molecule has 1 unspecified atom stereocenters. The van der Waals surface area contributed by atoms with Crippen LogP contribution in [0, 0.1) is 0 Å². The number of rotatable bonds is 5. The first-order valence-electron chi connectivity index (χ1n) is 9.88. The van der Waals surface area contributed by atoms with Gasteiger partial charge in [-0.1, -0.05) is 32.0 Å². The van der Waals surface area contributed by atoms with Crippen molar-refractivity contribution in [1.82, 2.24) is 4.98 Å². The van der Waals surface area contributed by atoms with Crippen LogP contribution in [0.15, 0.2) is 65.7 Å². The Labute approximate surface area is 171 Å². The van der Waals surface area contributed by atoms with E-state index in [1.165, 1.54) is 12.1 Å². The van der Waals surface area contributed by atoms with Crippen LogP contribution in [0.2, 0.25) is 0 Å². The summed E-state index contributed by atoms with van der Waals surface area (Å²) in [6, 6.07) is 16.0. The van der Waals surface area contributed by atoms with Crippen LogP contribution in [-0.2, 0) is 21.2 Å². The minimum absolute atomic E-state index is 0.171. The Hall–Kier alpha value is -2.73. The molecule has 4 rings (SSSR count). The summed E-state index contributed by atoms with van der Waals surface area (Å²) >= 11 is 0. The Morgan fingerprint density at radius 1 is 1.03 bits per heavy atom. The molecule has 0 N–H and O–H groups in total. The number of sulfone groups is 1. The minimum atomic E-state index is -3.61. The number of carbonyl (C=O) groups excluding carboxylic acids is 1. The quantitative estimate of drug-likeness (QED) is 0.606. The highest BCUT2D eigenvalue weighted by Crippen LogP contribution is 2.28. The van der Waals surface area contributed by atoms with E-state index < -0.39 is 15.1 Å². The molecule has 1 heterocycles. The number of ether oxygens (including phenoxy) is 1. The Morgan fingerprint density at radius 3 is 2.45 bits per heavy atom. The van der Waals surface area contributed by atoms with Crippen LogP contribution >= 0.6 is 0 Å². The van der Waals surface area contributed by atoms with Crippen LogP contribution in [0.4, 0.5) is 0 Å². The molecule has 0 radical (unpaired) electrons. The molecule has 0 amide bonds. The molecular weight excluding hydrogens is 386 g/mol. The molecule has 1 aliphatic rings. The predicted molar refractivity (Wildman–Crippen MR) is 114 cm³/mol. The molecule has 152 valence electrons. The third-order valence-corrected chi connectivity index (χ3v) is 7.09. The van der Waals surface area contributed by atoms with Crippen molar-refractivity contribution in [2.75, 3.05) is 0 Å². The predicted octanol–water partition coefficient (Wildman–Crippen LogP) is 4.74. The van der Waals surface area contributed by atoms with Crippen LogP contribution in [0.25, 0.3) is 10.9 Å². The summed E-state index contributed by atoms with van der Waals surface area (Å²) in [6.07, 6.45) is 3.15. The molecular formula is C23H25NO4S. The number of fused-ring (bicyclic) bond motifs is 1. The third-order valence-electron chi connectivity index (χ3n) is 4.91. The lowest BCUT2D eigenvalue weighted by Gasteiger charge is -2.12. The van der Waals surface area contributed by atoms with E-state index in [9.17, 15) is 13.2 Å². The maximum atomic E-state index is 12.6. The molecule has 3 aromatic rings. The van der Waals surface area contributed by atoms with Crippen molar-refractivity contribution in [3.63, 3.8) is 0 Å². The van der Waals surface area contributed by atoms with Gasteiger partial charge in [-0.15, -0.1) is 0 Å². The van der Waals surface area contributed by atoms with Gasteiger partial charge in [0, 0.05) is 23.6 Å². The summed E-state index contributed by atoms with van der Waals surface area (Å²) < 4.78 is 31.1. The van der Waals surface area contributed by atoms with Crippen molar-refractivity contribution in [1.29, 1.82) is 0 Å². The van der Waals surface area contributed by atoms with Crippen molar-refractivity contribution in [2.24, 2.45) is 0 Å². The van der Waals surface area contributed by atoms with Crippen molar-refractivity contribution < 1.29 is 17.9 Å². The number of hydrogen-bond donors (Lipinski definition) is 0. The van der Waals surface area contributed by atoms with E-state index in [1.807, 2.05) is 44.2 Å². The number of hydrogen-bond acceptors (Lipinski definition) is 5. The van der Waals surface area contributed by atoms with Crippen LogP contribution in [0.1, 0.15) is 38.7 Å². The molecule has 1 atom stereocenters. The average molecular weight is 412 g/mol. The Bertz CT molecular complexity index is 1090. The number of aromatic nitrogens is 1. The van der Waals surface area contributed by atoms with Gasteiger partial charge in [-0.25, -0.2) is 8.42 Å². The van der Waals surface area contributed by atoms with Crippen LogP contribution in [0.5, 0.6) is 5.75 Å². The lowest BCUT2D eigenvalue weighted by Crippen LogP contribution is -2.25. The van der Waals surface area contributed by atoms with Crippen molar-refractivity contribution in [2.45, 2.75) is 49.9 Å². The highest BCUT2D eigenvalue weighted by Gasteiger charge is 2.36. The highest BCUT2D eigenvalue weighted by molar-refractivity contribution is 7.92. The molecule has 0 bridgehead atoms. The van der Waals surface area contributed by atoms with Gasteiger partial charge in [0.2, 0.25) is 0 Å². The monoisotopic (exact) mass is 411 g/mol. The Morgan fingerprint density at radius 2 is 1.76 bits per heavy atom. The maximum absolute atomic E-state index is 12.6. The Kier molecular flexibility index (Phi) is 6.64. The topological polar surface area (TPSA) is 73.3 Å². The van der Waals surface area contributed by atoms with Crippen molar-refractivity contribution >= 4 is 26.5 Å². The van der Waals surface area contributed by atoms with Gasteiger partial charge < -0.3 is 4.74 Å². The first-order chi connectivity index (χ1) is 14.1. The van der Waals surface area contributed by atoms with E-state index >= 15 is 0 Å². The lowest BCUT2D eigenvalue weighted by atomic mass is 10.1. The zero-order valence-corrected chi connectivity index (χ0v) is 17.5. The highest BCUT2D eigenvalue weighted by atomic mass is 32.2. The smallest absolute Gasteiger partial charge is 0.188 e. The van der Waals surface area contributed by atoms with Gasteiger partial charge in [0.25, 0.3) is 0 Å². The first kappa shape index (κ1) is 21.0. The number of para-hydroxylation sites is 1. The maximum Gasteiger partial charge on any atom is 0.188 e. The fraction of sp³-hybridized carbons (Fsp3) is 0.304. The summed E-state index contributed by atoms with van der Waals surface area (Å²) in [4.78, 5) is 16.3. The van der Waals surface area contributed by atoms with E-state index in [0.717, 1.165) is 16.5 Å². The van der Waals surface area contributed by atoms with E-state index in [0.29, 0.717) is 31.6 Å². The molecule has 1 fully saturated rings. The molecule has 0 aliphatic heterocycles. The summed E-state index contributed by atoms with van der Waals surface area (Å²) in [6.45, 7) is 4.36. The molecule has 29 heavy (non-hydrogen) atoms. The molecule has 1 aromatic heterocycles. The van der Waals surface area contributed by atoms with Gasteiger partial charge >= 0.3 is 0 Å². The summed E-state index contributed by atoms with van der Waals surface area (Å²) in [5.74, 6) is 0.396. The molecule has 0 saturated heterocycles.